The second kappa shape index (κ2) is 6.08. The standard InChI is InChI=1S/C11H17BrN2O2/c1-16-10-6-7(12)5-8(11(10)15)9(14)3-2-4-13/h5-6,9,15H,2-4,13-14H2,1H3/t9-/m0/s1. The van der Waals surface area contributed by atoms with Crippen LogP contribution in [0.1, 0.15) is 24.4 Å². The first kappa shape index (κ1) is 13.3. The highest BCUT2D eigenvalue weighted by Gasteiger charge is 2.15. The van der Waals surface area contributed by atoms with Crippen molar-refractivity contribution in [2.45, 2.75) is 18.9 Å². The van der Waals surface area contributed by atoms with Gasteiger partial charge >= 0.3 is 0 Å². The normalized spacial score (nSPS) is 12.5. The van der Waals surface area contributed by atoms with Gasteiger partial charge in [-0.3, -0.25) is 0 Å². The Hall–Kier alpha value is -0.780. The van der Waals surface area contributed by atoms with Gasteiger partial charge in [-0.25, -0.2) is 0 Å². The Morgan fingerprint density at radius 3 is 2.75 bits per heavy atom. The number of phenols is 1. The number of aromatic hydroxyl groups is 1. The van der Waals surface area contributed by atoms with Gasteiger partial charge in [-0.2, -0.15) is 0 Å². The molecular formula is C11H17BrN2O2. The van der Waals surface area contributed by atoms with E-state index in [2.05, 4.69) is 15.9 Å². The summed E-state index contributed by atoms with van der Waals surface area (Å²) in [6.45, 7) is 0.597. The molecule has 0 aromatic heterocycles. The van der Waals surface area contributed by atoms with Crippen molar-refractivity contribution in [2.75, 3.05) is 13.7 Å². The molecule has 0 bridgehead atoms. The van der Waals surface area contributed by atoms with E-state index in [0.29, 0.717) is 17.9 Å². The smallest absolute Gasteiger partial charge is 0.162 e. The second-order valence-electron chi connectivity index (χ2n) is 3.58. The maximum absolute atomic E-state index is 9.93. The monoisotopic (exact) mass is 288 g/mol. The van der Waals surface area contributed by atoms with E-state index in [1.807, 2.05) is 0 Å². The number of hydrogen-bond donors (Lipinski definition) is 3. The third-order valence-corrected chi connectivity index (χ3v) is 2.87. The van der Waals surface area contributed by atoms with Crippen LogP contribution in [0.5, 0.6) is 11.5 Å². The summed E-state index contributed by atoms with van der Waals surface area (Å²) in [5.74, 6) is 0.530. The predicted molar refractivity (Wildman–Crippen MR) is 67.6 cm³/mol. The Balaban J connectivity index is 2.98. The van der Waals surface area contributed by atoms with Crippen LogP contribution in [0, 0.1) is 0 Å². The van der Waals surface area contributed by atoms with E-state index in [4.69, 9.17) is 16.2 Å². The minimum absolute atomic E-state index is 0.107. The molecule has 0 radical (unpaired) electrons. The van der Waals surface area contributed by atoms with E-state index in [9.17, 15) is 5.11 Å². The maximum Gasteiger partial charge on any atom is 0.162 e. The van der Waals surface area contributed by atoms with Gasteiger partial charge in [0.15, 0.2) is 11.5 Å². The molecule has 0 heterocycles. The molecule has 0 fully saturated rings. The van der Waals surface area contributed by atoms with E-state index < -0.39 is 0 Å². The Morgan fingerprint density at radius 2 is 2.19 bits per heavy atom. The molecule has 1 aromatic rings. The molecule has 1 atom stereocenters. The molecule has 0 aliphatic carbocycles. The van der Waals surface area contributed by atoms with E-state index in [-0.39, 0.29) is 11.8 Å². The van der Waals surface area contributed by atoms with Crippen LogP contribution in [0.4, 0.5) is 0 Å². The number of phenolic OH excluding ortho intramolecular Hbond substituents is 1. The van der Waals surface area contributed by atoms with Gasteiger partial charge in [0, 0.05) is 16.1 Å². The summed E-state index contributed by atoms with van der Waals surface area (Å²) >= 11 is 3.35. The lowest BCUT2D eigenvalue weighted by Crippen LogP contribution is -2.13. The fraction of sp³-hybridized carbons (Fsp3) is 0.455. The second-order valence-corrected chi connectivity index (χ2v) is 4.50. The van der Waals surface area contributed by atoms with Crippen molar-refractivity contribution in [3.8, 4) is 11.5 Å². The van der Waals surface area contributed by atoms with E-state index in [1.54, 1.807) is 12.1 Å². The highest BCUT2D eigenvalue weighted by molar-refractivity contribution is 9.10. The van der Waals surface area contributed by atoms with Crippen LogP contribution in [0.3, 0.4) is 0 Å². The van der Waals surface area contributed by atoms with Gasteiger partial charge in [0.25, 0.3) is 0 Å². The zero-order valence-corrected chi connectivity index (χ0v) is 10.8. The van der Waals surface area contributed by atoms with Crippen LogP contribution in [0.2, 0.25) is 0 Å². The van der Waals surface area contributed by atoms with Crippen molar-refractivity contribution in [3.05, 3.63) is 22.2 Å². The fourth-order valence-electron chi connectivity index (χ4n) is 1.53. The van der Waals surface area contributed by atoms with Gasteiger partial charge in [0.1, 0.15) is 0 Å². The third kappa shape index (κ3) is 3.10. The summed E-state index contributed by atoms with van der Waals surface area (Å²) < 4.78 is 5.89. The highest BCUT2D eigenvalue weighted by atomic mass is 79.9. The van der Waals surface area contributed by atoms with Crippen molar-refractivity contribution in [3.63, 3.8) is 0 Å². The lowest BCUT2D eigenvalue weighted by Gasteiger charge is -2.15. The molecule has 1 aromatic carbocycles. The highest BCUT2D eigenvalue weighted by Crippen LogP contribution is 2.37. The molecule has 16 heavy (non-hydrogen) atoms. The molecule has 0 saturated carbocycles. The first-order valence-electron chi connectivity index (χ1n) is 5.12. The maximum atomic E-state index is 9.93. The number of nitrogens with two attached hydrogens (primary N) is 2. The fourth-order valence-corrected chi connectivity index (χ4v) is 1.98. The lowest BCUT2D eigenvalue weighted by molar-refractivity contribution is 0.367. The summed E-state index contributed by atoms with van der Waals surface area (Å²) in [5.41, 5.74) is 12.1. The SMILES string of the molecule is COc1cc(Br)cc([C@@H](N)CCCN)c1O. The van der Waals surface area contributed by atoms with Crippen LogP contribution in [-0.4, -0.2) is 18.8 Å². The molecule has 4 nitrogen and oxygen atoms in total. The molecule has 0 amide bonds. The minimum Gasteiger partial charge on any atom is -0.504 e. The summed E-state index contributed by atoms with van der Waals surface area (Å²) in [6, 6.07) is 3.28. The van der Waals surface area contributed by atoms with Gasteiger partial charge in [-0.05, 0) is 31.5 Å². The predicted octanol–water partition coefficient (Wildman–Crippen LogP) is 1.90. The molecule has 0 aliphatic heterocycles. The molecule has 0 saturated heterocycles. The van der Waals surface area contributed by atoms with Crippen LogP contribution >= 0.6 is 15.9 Å². The Kier molecular flexibility index (Phi) is 5.05. The first-order chi connectivity index (χ1) is 7.60. The number of ether oxygens (including phenoxy) is 1. The van der Waals surface area contributed by atoms with Crippen molar-refractivity contribution in [2.24, 2.45) is 11.5 Å². The van der Waals surface area contributed by atoms with Gasteiger partial charge in [0.05, 0.1) is 7.11 Å². The zero-order chi connectivity index (χ0) is 12.1. The van der Waals surface area contributed by atoms with Crippen molar-refractivity contribution >= 4 is 15.9 Å². The number of methoxy groups -OCH3 is 1. The number of hydrogen-bond acceptors (Lipinski definition) is 4. The minimum atomic E-state index is -0.227. The summed E-state index contributed by atoms with van der Waals surface area (Å²) in [7, 11) is 1.51. The topological polar surface area (TPSA) is 81.5 Å². The van der Waals surface area contributed by atoms with Gasteiger partial charge < -0.3 is 21.3 Å². The quantitative estimate of drug-likeness (QED) is 0.773. The average molecular weight is 289 g/mol. The van der Waals surface area contributed by atoms with E-state index in [1.165, 1.54) is 7.11 Å². The Labute approximate surface area is 104 Å². The zero-order valence-electron chi connectivity index (χ0n) is 9.24. The number of rotatable bonds is 5. The molecule has 5 heteroatoms. The van der Waals surface area contributed by atoms with E-state index in [0.717, 1.165) is 17.3 Å². The van der Waals surface area contributed by atoms with Crippen LogP contribution in [-0.2, 0) is 0 Å². The molecule has 0 unspecified atom stereocenters. The van der Waals surface area contributed by atoms with E-state index >= 15 is 0 Å². The molecule has 5 N–H and O–H groups in total. The summed E-state index contributed by atoms with van der Waals surface area (Å²) in [6.07, 6.45) is 1.57. The number of benzene rings is 1. The molecule has 90 valence electrons. The Morgan fingerprint density at radius 1 is 1.50 bits per heavy atom. The lowest BCUT2D eigenvalue weighted by atomic mass is 10.0. The molecule has 1 rings (SSSR count). The van der Waals surface area contributed by atoms with Crippen LogP contribution < -0.4 is 16.2 Å². The summed E-state index contributed by atoms with van der Waals surface area (Å²) in [5, 5.41) is 9.93. The molecular weight excluding hydrogens is 272 g/mol. The van der Waals surface area contributed by atoms with Gasteiger partial charge in [-0.1, -0.05) is 15.9 Å². The van der Waals surface area contributed by atoms with Crippen LogP contribution in [0.25, 0.3) is 0 Å². The first-order valence-corrected chi connectivity index (χ1v) is 5.91. The van der Waals surface area contributed by atoms with Crippen molar-refractivity contribution < 1.29 is 9.84 Å². The summed E-state index contributed by atoms with van der Waals surface area (Å²) in [4.78, 5) is 0. The van der Waals surface area contributed by atoms with Crippen molar-refractivity contribution in [1.29, 1.82) is 0 Å². The van der Waals surface area contributed by atoms with Crippen LogP contribution in [0.15, 0.2) is 16.6 Å². The Bertz CT molecular complexity index is 358. The van der Waals surface area contributed by atoms with Gasteiger partial charge in [0.2, 0.25) is 0 Å². The molecule has 0 spiro atoms. The largest absolute Gasteiger partial charge is 0.504 e. The number of halogens is 1. The third-order valence-electron chi connectivity index (χ3n) is 2.41. The van der Waals surface area contributed by atoms with Gasteiger partial charge in [-0.15, -0.1) is 0 Å². The molecule has 0 aliphatic rings. The van der Waals surface area contributed by atoms with Crippen molar-refractivity contribution in [1.82, 2.24) is 0 Å². The average Bonchev–Trinajstić information content (AvgIpc) is 2.28.